The van der Waals surface area contributed by atoms with Gasteiger partial charge < -0.3 is 14.8 Å². The number of carbonyl (C=O) groups is 2. The van der Waals surface area contributed by atoms with Crippen molar-refractivity contribution < 1.29 is 19.1 Å². The Morgan fingerprint density at radius 3 is 2.78 bits per heavy atom. The van der Waals surface area contributed by atoms with Crippen LogP contribution in [0.3, 0.4) is 0 Å². The summed E-state index contributed by atoms with van der Waals surface area (Å²) >= 11 is 2.87. The molecule has 0 saturated heterocycles. The van der Waals surface area contributed by atoms with E-state index in [0.29, 0.717) is 28.7 Å². The van der Waals surface area contributed by atoms with Crippen molar-refractivity contribution in [3.63, 3.8) is 0 Å². The van der Waals surface area contributed by atoms with Crippen molar-refractivity contribution in [2.45, 2.75) is 25.0 Å². The molecule has 1 N–H and O–H groups in total. The van der Waals surface area contributed by atoms with Crippen LogP contribution < -0.4 is 14.8 Å². The van der Waals surface area contributed by atoms with Gasteiger partial charge in [-0.2, -0.15) is 0 Å². The Hall–Kier alpha value is -2.39. The highest BCUT2D eigenvalue weighted by atomic mass is 32.2. The Morgan fingerprint density at radius 2 is 2.11 bits per heavy atom. The third-order valence-corrected chi connectivity index (χ3v) is 5.94. The fraction of sp³-hybridized carbons (Fsp3) is 0.333. The van der Waals surface area contributed by atoms with Crippen molar-refractivity contribution in [2.24, 2.45) is 4.99 Å². The van der Waals surface area contributed by atoms with Crippen molar-refractivity contribution in [3.8, 4) is 11.5 Å². The topological polar surface area (TPSA) is 89.9 Å². The van der Waals surface area contributed by atoms with Crippen molar-refractivity contribution >= 4 is 45.6 Å². The predicted molar refractivity (Wildman–Crippen MR) is 107 cm³/mol. The second-order valence-corrected chi connectivity index (χ2v) is 8.05. The monoisotopic (exact) mass is 405 g/mol. The van der Waals surface area contributed by atoms with Gasteiger partial charge in [-0.05, 0) is 19.1 Å². The molecule has 3 rings (SSSR count). The maximum Gasteiger partial charge on any atom is 0.260 e. The summed E-state index contributed by atoms with van der Waals surface area (Å²) in [7, 11) is 3.07. The van der Waals surface area contributed by atoms with Gasteiger partial charge in [-0.1, -0.05) is 11.8 Å². The van der Waals surface area contributed by atoms with E-state index in [9.17, 15) is 9.59 Å². The van der Waals surface area contributed by atoms with E-state index >= 15 is 0 Å². The molecule has 0 radical (unpaired) electrons. The molecular weight excluding hydrogens is 386 g/mol. The van der Waals surface area contributed by atoms with E-state index in [0.717, 1.165) is 10.7 Å². The van der Waals surface area contributed by atoms with Crippen LogP contribution in [0.1, 0.15) is 17.1 Å². The lowest BCUT2D eigenvalue weighted by molar-refractivity contribution is -0.121. The molecule has 1 atom stereocenters. The third-order valence-electron chi connectivity index (χ3n) is 3.81. The summed E-state index contributed by atoms with van der Waals surface area (Å²) in [6, 6.07) is 5.12. The van der Waals surface area contributed by atoms with Crippen molar-refractivity contribution in [1.82, 2.24) is 4.98 Å². The molecule has 1 aliphatic rings. The lowest BCUT2D eigenvalue weighted by atomic mass is 10.2. The first-order valence-electron chi connectivity index (χ1n) is 8.19. The molecule has 0 unspecified atom stereocenters. The zero-order valence-corrected chi connectivity index (χ0v) is 16.8. The summed E-state index contributed by atoms with van der Waals surface area (Å²) in [4.78, 5) is 33.0. The number of hydrogen-bond acceptors (Lipinski definition) is 7. The van der Waals surface area contributed by atoms with Gasteiger partial charge in [0, 0.05) is 30.0 Å². The molecule has 27 heavy (non-hydrogen) atoms. The molecule has 0 aliphatic carbocycles. The molecular formula is C18H19N3O4S2. The number of thiazole rings is 1. The van der Waals surface area contributed by atoms with E-state index in [1.54, 1.807) is 36.6 Å². The van der Waals surface area contributed by atoms with Crippen LogP contribution in [-0.2, 0) is 16.0 Å². The molecule has 2 heterocycles. The number of ether oxygens (including phenoxy) is 2. The van der Waals surface area contributed by atoms with Crippen LogP contribution in [0.4, 0.5) is 5.69 Å². The van der Waals surface area contributed by atoms with Gasteiger partial charge in [-0.3, -0.25) is 9.59 Å². The molecule has 0 spiro atoms. The lowest BCUT2D eigenvalue weighted by Crippen LogP contribution is -2.21. The number of nitrogens with zero attached hydrogens (tertiary/aromatic N) is 2. The van der Waals surface area contributed by atoms with Crippen molar-refractivity contribution in [3.05, 3.63) is 34.3 Å². The average molecular weight is 406 g/mol. The molecule has 1 aliphatic heterocycles. The zero-order valence-electron chi connectivity index (χ0n) is 15.1. The number of aliphatic imine (C=N–C) groups is 1. The SMILES string of the molecule is COc1ccc(OC)c(NC(=O)C[C@H]2SC(Cc3nc(C)cs3)=NC2=O)c1. The zero-order chi connectivity index (χ0) is 19.4. The largest absolute Gasteiger partial charge is 0.497 e. The maximum absolute atomic E-state index is 12.4. The average Bonchev–Trinajstić information content (AvgIpc) is 3.20. The van der Waals surface area contributed by atoms with Crippen LogP contribution in [0.5, 0.6) is 11.5 Å². The van der Waals surface area contributed by atoms with Crippen molar-refractivity contribution in [2.75, 3.05) is 19.5 Å². The molecule has 2 amide bonds. The van der Waals surface area contributed by atoms with E-state index in [2.05, 4.69) is 15.3 Å². The molecule has 142 valence electrons. The Bertz CT molecular complexity index is 894. The first kappa shape index (κ1) is 19.4. The maximum atomic E-state index is 12.4. The van der Waals surface area contributed by atoms with E-state index in [4.69, 9.17) is 9.47 Å². The Balaban J connectivity index is 1.59. The fourth-order valence-corrected chi connectivity index (χ4v) is 4.49. The standard InChI is InChI=1S/C18H19N3O4S2/c1-10-9-26-16(19-10)8-17-21-18(23)14(27-17)7-15(22)20-12-6-11(24-2)4-5-13(12)25-3/h4-6,9,14H,7-8H2,1-3H3,(H,20,22)/t14-/m1/s1. The summed E-state index contributed by atoms with van der Waals surface area (Å²) < 4.78 is 10.4. The number of amides is 2. The number of hydrogen-bond donors (Lipinski definition) is 1. The first-order chi connectivity index (χ1) is 13.0. The van der Waals surface area contributed by atoms with Crippen molar-refractivity contribution in [1.29, 1.82) is 0 Å². The van der Waals surface area contributed by atoms with Gasteiger partial charge in [0.05, 0.1) is 30.0 Å². The quantitative estimate of drug-likeness (QED) is 0.761. The number of aromatic nitrogens is 1. The minimum Gasteiger partial charge on any atom is -0.497 e. The van der Waals surface area contributed by atoms with Crippen LogP contribution in [0.25, 0.3) is 0 Å². The summed E-state index contributed by atoms with van der Waals surface area (Å²) in [5, 5.41) is 5.84. The smallest absolute Gasteiger partial charge is 0.260 e. The normalized spacial score (nSPS) is 16.2. The molecule has 0 bridgehead atoms. The van der Waals surface area contributed by atoms with Gasteiger partial charge in [0.1, 0.15) is 16.7 Å². The molecule has 1 aromatic heterocycles. The second kappa shape index (κ2) is 8.53. The molecule has 9 heteroatoms. The van der Waals surface area contributed by atoms with Gasteiger partial charge in [0.2, 0.25) is 5.91 Å². The Morgan fingerprint density at radius 1 is 1.30 bits per heavy atom. The van der Waals surface area contributed by atoms with E-state index in [1.807, 2.05) is 12.3 Å². The van der Waals surface area contributed by atoms with Gasteiger partial charge in [-0.15, -0.1) is 11.3 Å². The number of nitrogens with one attached hydrogen (secondary N) is 1. The second-order valence-electron chi connectivity index (χ2n) is 5.83. The van der Waals surface area contributed by atoms with E-state index in [1.165, 1.54) is 18.9 Å². The van der Waals surface area contributed by atoms with Crippen LogP contribution in [-0.4, -0.2) is 41.3 Å². The number of anilines is 1. The van der Waals surface area contributed by atoms with E-state index < -0.39 is 5.25 Å². The summed E-state index contributed by atoms with van der Waals surface area (Å²) in [5.41, 5.74) is 1.45. The highest BCUT2D eigenvalue weighted by Crippen LogP contribution is 2.31. The number of carbonyl (C=O) groups excluding carboxylic acids is 2. The number of rotatable bonds is 7. The van der Waals surface area contributed by atoms with Gasteiger partial charge >= 0.3 is 0 Å². The van der Waals surface area contributed by atoms with Crippen LogP contribution in [0.2, 0.25) is 0 Å². The minimum atomic E-state index is -0.516. The molecule has 7 nitrogen and oxygen atoms in total. The van der Waals surface area contributed by atoms with Gasteiger partial charge in [0.25, 0.3) is 5.91 Å². The first-order valence-corrected chi connectivity index (χ1v) is 9.95. The third kappa shape index (κ3) is 4.86. The summed E-state index contributed by atoms with van der Waals surface area (Å²) in [5.74, 6) is 0.553. The Kier molecular flexibility index (Phi) is 6.12. The molecule has 2 aromatic rings. The molecule has 1 aromatic carbocycles. The summed E-state index contributed by atoms with van der Waals surface area (Å²) in [6.07, 6.45) is 0.560. The number of aryl methyl sites for hydroxylation is 1. The number of methoxy groups -OCH3 is 2. The minimum absolute atomic E-state index is 0.0355. The van der Waals surface area contributed by atoms with Gasteiger partial charge in [0.15, 0.2) is 0 Å². The Labute approximate surface area is 165 Å². The highest BCUT2D eigenvalue weighted by molar-refractivity contribution is 8.15. The predicted octanol–water partition coefficient (Wildman–Crippen LogP) is 3.08. The molecule has 0 fully saturated rings. The van der Waals surface area contributed by atoms with Crippen LogP contribution in [0, 0.1) is 6.92 Å². The van der Waals surface area contributed by atoms with Crippen LogP contribution >= 0.6 is 23.1 Å². The summed E-state index contributed by atoms with van der Waals surface area (Å²) in [6.45, 7) is 1.93. The van der Waals surface area contributed by atoms with E-state index in [-0.39, 0.29) is 18.2 Å². The van der Waals surface area contributed by atoms with Gasteiger partial charge in [-0.25, -0.2) is 9.98 Å². The van der Waals surface area contributed by atoms with Crippen LogP contribution in [0.15, 0.2) is 28.6 Å². The number of benzene rings is 1. The number of thioether (sulfide) groups is 1. The molecule has 0 saturated carbocycles. The fourth-order valence-electron chi connectivity index (χ4n) is 2.54. The highest BCUT2D eigenvalue weighted by Gasteiger charge is 2.31. The lowest BCUT2D eigenvalue weighted by Gasteiger charge is -2.12.